The van der Waals surface area contributed by atoms with Crippen molar-refractivity contribution in [2.24, 2.45) is 0 Å². The molecule has 1 aromatic carbocycles. The fourth-order valence-corrected chi connectivity index (χ4v) is 2.94. The van der Waals surface area contributed by atoms with E-state index in [1.54, 1.807) is 23.7 Å². The van der Waals surface area contributed by atoms with E-state index in [0.717, 1.165) is 27.5 Å². The quantitative estimate of drug-likeness (QED) is 0.649. The number of anilines is 1. The number of thiazole rings is 1. The van der Waals surface area contributed by atoms with E-state index in [1.165, 1.54) is 0 Å². The summed E-state index contributed by atoms with van der Waals surface area (Å²) in [6, 6.07) is 11.7. The molecule has 0 spiro atoms. The van der Waals surface area contributed by atoms with Crippen LogP contribution in [0, 0.1) is 0 Å². The Hall–Kier alpha value is -2.28. The van der Waals surface area contributed by atoms with Gasteiger partial charge in [0.1, 0.15) is 5.01 Å². The summed E-state index contributed by atoms with van der Waals surface area (Å²) in [4.78, 5) is 8.78. The van der Waals surface area contributed by atoms with E-state index in [4.69, 9.17) is 5.11 Å². The van der Waals surface area contributed by atoms with Crippen molar-refractivity contribution in [1.82, 2.24) is 9.97 Å². The van der Waals surface area contributed by atoms with Gasteiger partial charge >= 0.3 is 0 Å². The molecule has 0 saturated carbocycles. The summed E-state index contributed by atoms with van der Waals surface area (Å²) in [7, 11) is 0. The highest BCUT2D eigenvalue weighted by molar-refractivity contribution is 7.13. The first-order valence-electron chi connectivity index (χ1n) is 7.25. The first-order chi connectivity index (χ1) is 11.3. The molecule has 3 rings (SSSR count). The number of hydrogen-bond acceptors (Lipinski definition) is 6. The van der Waals surface area contributed by atoms with Crippen molar-refractivity contribution in [2.45, 2.75) is 6.10 Å². The zero-order chi connectivity index (χ0) is 16.1. The van der Waals surface area contributed by atoms with Crippen LogP contribution in [0.2, 0.25) is 0 Å². The molecule has 0 amide bonds. The highest BCUT2D eigenvalue weighted by Crippen LogP contribution is 2.29. The summed E-state index contributed by atoms with van der Waals surface area (Å²) in [6.07, 6.45) is 2.77. The van der Waals surface area contributed by atoms with Crippen LogP contribution in [0.25, 0.3) is 21.8 Å². The zero-order valence-corrected chi connectivity index (χ0v) is 13.2. The Kier molecular flexibility index (Phi) is 4.97. The lowest BCUT2D eigenvalue weighted by Gasteiger charge is -2.10. The van der Waals surface area contributed by atoms with Crippen LogP contribution in [0.3, 0.4) is 0 Å². The van der Waals surface area contributed by atoms with Crippen LogP contribution in [-0.2, 0) is 0 Å². The largest absolute Gasteiger partial charge is 0.394 e. The van der Waals surface area contributed by atoms with E-state index >= 15 is 0 Å². The van der Waals surface area contributed by atoms with Crippen LogP contribution >= 0.6 is 11.3 Å². The van der Waals surface area contributed by atoms with Gasteiger partial charge in [-0.25, -0.2) is 4.98 Å². The molecule has 0 radical (unpaired) electrons. The minimum absolute atomic E-state index is 0.256. The van der Waals surface area contributed by atoms with Gasteiger partial charge in [0.15, 0.2) is 0 Å². The number of aliphatic hydroxyl groups is 2. The maximum Gasteiger partial charge on any atom is 0.124 e. The fraction of sp³-hybridized carbons (Fsp3) is 0.176. The second kappa shape index (κ2) is 7.32. The van der Waals surface area contributed by atoms with E-state index in [2.05, 4.69) is 15.3 Å². The third-order valence-electron chi connectivity index (χ3n) is 3.32. The molecule has 0 saturated heterocycles. The molecule has 1 atom stereocenters. The molecule has 0 bridgehead atoms. The first kappa shape index (κ1) is 15.6. The molecule has 2 heterocycles. The molecule has 0 aliphatic heterocycles. The molecule has 6 heteroatoms. The molecule has 0 fully saturated rings. The van der Waals surface area contributed by atoms with Crippen LogP contribution in [0.15, 0.2) is 54.2 Å². The normalized spacial score (nSPS) is 12.1. The summed E-state index contributed by atoms with van der Waals surface area (Å²) in [5.41, 5.74) is 3.80. The maximum absolute atomic E-state index is 9.41. The van der Waals surface area contributed by atoms with E-state index in [1.807, 2.05) is 41.8 Å². The molecule has 1 unspecified atom stereocenters. The minimum Gasteiger partial charge on any atom is -0.394 e. The first-order valence-corrected chi connectivity index (χ1v) is 8.13. The van der Waals surface area contributed by atoms with Crippen molar-refractivity contribution in [3.05, 3.63) is 54.2 Å². The van der Waals surface area contributed by atoms with Gasteiger partial charge in [-0.15, -0.1) is 11.3 Å². The molecular formula is C17H17N3O2S. The molecule has 0 aliphatic rings. The monoisotopic (exact) mass is 327 g/mol. The average Bonchev–Trinajstić information content (AvgIpc) is 3.11. The van der Waals surface area contributed by atoms with E-state index in [9.17, 15) is 5.11 Å². The van der Waals surface area contributed by atoms with Crippen molar-refractivity contribution in [2.75, 3.05) is 18.5 Å². The van der Waals surface area contributed by atoms with Gasteiger partial charge in [0, 0.05) is 41.1 Å². The topological polar surface area (TPSA) is 78.3 Å². The smallest absolute Gasteiger partial charge is 0.124 e. The highest BCUT2D eigenvalue weighted by Gasteiger charge is 2.08. The third kappa shape index (κ3) is 3.92. The molecule has 3 aromatic rings. The summed E-state index contributed by atoms with van der Waals surface area (Å²) >= 11 is 1.58. The van der Waals surface area contributed by atoms with Crippen LogP contribution < -0.4 is 5.32 Å². The van der Waals surface area contributed by atoms with Crippen LogP contribution in [0.4, 0.5) is 5.69 Å². The predicted molar refractivity (Wildman–Crippen MR) is 92.4 cm³/mol. The average molecular weight is 327 g/mol. The lowest BCUT2D eigenvalue weighted by Crippen LogP contribution is -2.22. The van der Waals surface area contributed by atoms with Gasteiger partial charge in [-0.2, -0.15) is 0 Å². The van der Waals surface area contributed by atoms with Crippen LogP contribution in [-0.4, -0.2) is 39.4 Å². The summed E-state index contributed by atoms with van der Waals surface area (Å²) in [5.74, 6) is 0. The summed E-state index contributed by atoms with van der Waals surface area (Å²) in [6.45, 7) is 0.0480. The SMILES string of the molecule is OCC(O)CNc1cccc(-c2nc(-c3cccnc3)cs2)c1. The van der Waals surface area contributed by atoms with Crippen LogP contribution in [0.5, 0.6) is 0 Å². The number of rotatable bonds is 6. The number of hydrogen-bond donors (Lipinski definition) is 3. The van der Waals surface area contributed by atoms with E-state index in [-0.39, 0.29) is 6.61 Å². The number of pyridine rings is 1. The summed E-state index contributed by atoms with van der Waals surface area (Å²) < 4.78 is 0. The van der Waals surface area contributed by atoms with Gasteiger partial charge < -0.3 is 15.5 Å². The van der Waals surface area contributed by atoms with Gasteiger partial charge in [-0.05, 0) is 24.3 Å². The van der Waals surface area contributed by atoms with E-state index < -0.39 is 6.10 Å². The molecule has 3 N–H and O–H groups in total. The number of nitrogens with zero attached hydrogens (tertiary/aromatic N) is 2. The number of aromatic nitrogens is 2. The Balaban J connectivity index is 1.78. The lowest BCUT2D eigenvalue weighted by atomic mass is 10.2. The fourth-order valence-electron chi connectivity index (χ4n) is 2.12. The van der Waals surface area contributed by atoms with Gasteiger partial charge in [0.25, 0.3) is 0 Å². The van der Waals surface area contributed by atoms with Crippen molar-refractivity contribution < 1.29 is 10.2 Å². The van der Waals surface area contributed by atoms with E-state index in [0.29, 0.717) is 6.54 Å². The minimum atomic E-state index is -0.768. The Morgan fingerprint density at radius 1 is 1.17 bits per heavy atom. The molecule has 118 valence electrons. The Labute approximate surface area is 138 Å². The number of aliphatic hydroxyl groups excluding tert-OH is 2. The maximum atomic E-state index is 9.41. The molecule has 23 heavy (non-hydrogen) atoms. The Morgan fingerprint density at radius 2 is 2.04 bits per heavy atom. The third-order valence-corrected chi connectivity index (χ3v) is 4.21. The van der Waals surface area contributed by atoms with Crippen LogP contribution in [0.1, 0.15) is 0 Å². The van der Waals surface area contributed by atoms with Gasteiger partial charge in [-0.3, -0.25) is 4.98 Å². The van der Waals surface area contributed by atoms with Crippen molar-refractivity contribution in [3.8, 4) is 21.8 Å². The number of nitrogens with one attached hydrogen (secondary N) is 1. The summed E-state index contributed by atoms with van der Waals surface area (Å²) in [5, 5.41) is 24.3. The Morgan fingerprint density at radius 3 is 2.83 bits per heavy atom. The van der Waals surface area contributed by atoms with Crippen molar-refractivity contribution in [3.63, 3.8) is 0 Å². The van der Waals surface area contributed by atoms with Gasteiger partial charge in [0.05, 0.1) is 18.4 Å². The standard InChI is InChI=1S/C17H17N3O2S/c21-10-15(22)9-19-14-5-1-3-12(7-14)17-20-16(11-23-17)13-4-2-6-18-8-13/h1-8,11,15,19,21-22H,9-10H2. The van der Waals surface area contributed by atoms with Crippen molar-refractivity contribution >= 4 is 17.0 Å². The van der Waals surface area contributed by atoms with Gasteiger partial charge in [0.2, 0.25) is 0 Å². The zero-order valence-electron chi connectivity index (χ0n) is 12.4. The molecule has 2 aromatic heterocycles. The van der Waals surface area contributed by atoms with Gasteiger partial charge in [-0.1, -0.05) is 12.1 Å². The molecule has 0 aliphatic carbocycles. The molecule has 5 nitrogen and oxygen atoms in total. The second-order valence-corrected chi connectivity index (χ2v) is 5.94. The predicted octanol–water partition coefficient (Wildman–Crippen LogP) is 2.64. The molecular weight excluding hydrogens is 310 g/mol. The number of benzene rings is 1. The second-order valence-electron chi connectivity index (χ2n) is 5.08. The lowest BCUT2D eigenvalue weighted by molar-refractivity contribution is 0.105. The van der Waals surface area contributed by atoms with Crippen molar-refractivity contribution in [1.29, 1.82) is 0 Å². The highest BCUT2D eigenvalue weighted by atomic mass is 32.1. The Bertz CT molecular complexity index is 761.